The smallest absolute Gasteiger partial charge is 0.308 e. The van der Waals surface area contributed by atoms with Gasteiger partial charge >= 0.3 is 5.97 Å². The van der Waals surface area contributed by atoms with Crippen molar-refractivity contribution in [2.75, 3.05) is 0 Å². The van der Waals surface area contributed by atoms with Gasteiger partial charge in [-0.25, -0.2) is 4.21 Å². The largest absolute Gasteiger partial charge is 0.426 e. The van der Waals surface area contributed by atoms with Crippen molar-refractivity contribution in [3.8, 4) is 5.75 Å². The number of carbonyl (C=O) groups is 1. The van der Waals surface area contributed by atoms with Crippen molar-refractivity contribution in [2.45, 2.75) is 44.4 Å². The summed E-state index contributed by atoms with van der Waals surface area (Å²) in [6.07, 6.45) is 0. The molecule has 1 atom stereocenters. The highest BCUT2D eigenvalue weighted by molar-refractivity contribution is 7.85. The van der Waals surface area contributed by atoms with E-state index in [0.29, 0.717) is 5.75 Å². The minimum absolute atomic E-state index is 0.345. The van der Waals surface area contributed by atoms with Crippen molar-refractivity contribution < 1.29 is 13.7 Å². The lowest BCUT2D eigenvalue weighted by atomic mass is 10.00. The van der Waals surface area contributed by atoms with E-state index in [1.165, 1.54) is 6.92 Å². The fourth-order valence-corrected chi connectivity index (χ4v) is 3.98. The van der Waals surface area contributed by atoms with E-state index < -0.39 is 10.8 Å². The number of benzene rings is 2. The van der Waals surface area contributed by atoms with Gasteiger partial charge in [0, 0.05) is 11.8 Å². The molecule has 2 aromatic rings. The Morgan fingerprint density at radius 3 is 1.86 bits per heavy atom. The van der Waals surface area contributed by atoms with E-state index in [4.69, 9.17) is 4.74 Å². The average Bonchev–Trinajstić information content (AvgIpc) is 2.50. The second kappa shape index (κ2) is 6.44. The normalized spacial score (nSPS) is 12.0. The fraction of sp³-hybridized carbons (Fsp3) is 0.278. The zero-order chi connectivity index (χ0) is 16.4. The molecule has 1 unspecified atom stereocenters. The quantitative estimate of drug-likeness (QED) is 0.635. The van der Waals surface area contributed by atoms with Gasteiger partial charge < -0.3 is 4.74 Å². The summed E-state index contributed by atoms with van der Waals surface area (Å²) in [4.78, 5) is 12.9. The highest BCUT2D eigenvalue weighted by atomic mass is 32.2. The van der Waals surface area contributed by atoms with Crippen LogP contribution in [0.1, 0.15) is 29.2 Å². The van der Waals surface area contributed by atoms with Crippen LogP contribution < -0.4 is 4.74 Å². The van der Waals surface area contributed by atoms with Crippen molar-refractivity contribution in [1.29, 1.82) is 0 Å². The molecule has 0 bridgehead atoms. The first-order chi connectivity index (χ1) is 10.3. The Kier molecular flexibility index (Phi) is 4.81. The highest BCUT2D eigenvalue weighted by Crippen LogP contribution is 2.35. The van der Waals surface area contributed by atoms with Crippen LogP contribution in [-0.4, -0.2) is 10.2 Å². The topological polar surface area (TPSA) is 43.4 Å². The number of hydrogen-bond donors (Lipinski definition) is 0. The zero-order valence-corrected chi connectivity index (χ0v) is 14.3. The van der Waals surface area contributed by atoms with Gasteiger partial charge in [0.1, 0.15) is 5.75 Å². The molecule has 0 amide bonds. The van der Waals surface area contributed by atoms with Gasteiger partial charge in [0.05, 0.1) is 15.7 Å². The molecule has 4 heteroatoms. The van der Waals surface area contributed by atoms with E-state index >= 15 is 0 Å². The average molecular weight is 316 g/mol. The lowest BCUT2D eigenvalue weighted by Crippen LogP contribution is -2.09. The van der Waals surface area contributed by atoms with Gasteiger partial charge in [-0.15, -0.1) is 0 Å². The maximum atomic E-state index is 12.9. The summed E-state index contributed by atoms with van der Waals surface area (Å²) < 4.78 is 18.3. The molecule has 0 heterocycles. The highest BCUT2D eigenvalue weighted by Gasteiger charge is 2.21. The van der Waals surface area contributed by atoms with Gasteiger partial charge in [-0.1, -0.05) is 18.2 Å². The molecule has 0 aromatic heterocycles. The molecule has 0 fully saturated rings. The molecule has 0 spiro atoms. The van der Waals surface area contributed by atoms with Crippen molar-refractivity contribution in [3.05, 3.63) is 52.6 Å². The Morgan fingerprint density at radius 2 is 1.41 bits per heavy atom. The van der Waals surface area contributed by atoms with Gasteiger partial charge in [0.2, 0.25) is 0 Å². The second-order valence-corrected chi connectivity index (χ2v) is 6.75. The minimum Gasteiger partial charge on any atom is -0.426 e. The first-order valence-electron chi connectivity index (χ1n) is 7.10. The lowest BCUT2D eigenvalue weighted by molar-refractivity contribution is -0.131. The van der Waals surface area contributed by atoms with Crippen LogP contribution >= 0.6 is 0 Å². The third-order valence-electron chi connectivity index (χ3n) is 3.88. The Hall–Kier alpha value is -1.94. The molecule has 0 aliphatic heterocycles. The molecule has 0 saturated heterocycles. The predicted molar refractivity (Wildman–Crippen MR) is 87.8 cm³/mol. The molecule has 2 rings (SSSR count). The predicted octanol–water partition coefficient (Wildman–Crippen LogP) is 4.01. The van der Waals surface area contributed by atoms with E-state index in [0.717, 1.165) is 32.0 Å². The van der Waals surface area contributed by atoms with Crippen molar-refractivity contribution >= 4 is 16.8 Å². The summed E-state index contributed by atoms with van der Waals surface area (Å²) in [6.45, 7) is 9.02. The summed E-state index contributed by atoms with van der Waals surface area (Å²) in [7, 11) is -1.25. The van der Waals surface area contributed by atoms with E-state index in [1.54, 1.807) is 0 Å². The molecule has 0 radical (unpaired) electrons. The number of rotatable bonds is 3. The Bertz CT molecular complexity index is 720. The van der Waals surface area contributed by atoms with Gasteiger partial charge in [0.25, 0.3) is 0 Å². The summed E-state index contributed by atoms with van der Waals surface area (Å²) in [5, 5.41) is 0. The van der Waals surface area contributed by atoms with E-state index in [2.05, 4.69) is 0 Å². The maximum absolute atomic E-state index is 12.9. The second-order valence-electron chi connectivity index (χ2n) is 5.33. The molecular weight excluding hydrogens is 296 g/mol. The zero-order valence-electron chi connectivity index (χ0n) is 13.5. The molecule has 22 heavy (non-hydrogen) atoms. The van der Waals surface area contributed by atoms with Crippen LogP contribution in [0.2, 0.25) is 0 Å². The molecule has 3 nitrogen and oxygen atoms in total. The van der Waals surface area contributed by atoms with Crippen LogP contribution in [0.15, 0.2) is 40.1 Å². The van der Waals surface area contributed by atoms with Crippen LogP contribution in [0.4, 0.5) is 0 Å². The molecule has 0 aliphatic carbocycles. The minimum atomic E-state index is -1.25. The molecule has 116 valence electrons. The van der Waals surface area contributed by atoms with Crippen molar-refractivity contribution in [3.63, 3.8) is 0 Å². The SMILES string of the molecule is CC(=O)Oc1c(C)c(C)c(S(=O)c2ccccc2)c(C)c1C. The number of esters is 1. The summed E-state index contributed by atoms with van der Waals surface area (Å²) in [5.74, 6) is 0.234. The Balaban J connectivity index is 2.64. The fourth-order valence-electron chi connectivity index (χ4n) is 2.48. The van der Waals surface area contributed by atoms with Gasteiger partial charge in [-0.05, 0) is 62.1 Å². The van der Waals surface area contributed by atoms with Crippen LogP contribution in [0.5, 0.6) is 5.75 Å². The van der Waals surface area contributed by atoms with Crippen LogP contribution in [0, 0.1) is 27.7 Å². The molecule has 0 aliphatic rings. The van der Waals surface area contributed by atoms with Gasteiger partial charge in [-0.3, -0.25) is 4.79 Å². The number of ether oxygens (including phenoxy) is 1. The van der Waals surface area contributed by atoms with Gasteiger partial charge in [0.15, 0.2) is 0 Å². The molecule has 0 saturated carbocycles. The molecular formula is C18H20O3S. The monoisotopic (exact) mass is 316 g/mol. The third-order valence-corrected chi connectivity index (χ3v) is 5.56. The first-order valence-corrected chi connectivity index (χ1v) is 8.25. The standard InChI is InChI=1S/C18H20O3S/c1-11-13(3)18(22(20)16-9-7-6-8-10-16)14(4)12(2)17(11)21-15(5)19/h6-10H,1-5H3. The van der Waals surface area contributed by atoms with E-state index in [1.807, 2.05) is 58.0 Å². The first kappa shape index (κ1) is 16.4. The molecule has 0 N–H and O–H groups in total. The summed E-state index contributed by atoms with van der Waals surface area (Å²) >= 11 is 0. The third kappa shape index (κ3) is 2.97. The lowest BCUT2D eigenvalue weighted by Gasteiger charge is -2.19. The van der Waals surface area contributed by atoms with Crippen LogP contribution in [0.3, 0.4) is 0 Å². The van der Waals surface area contributed by atoms with E-state index in [9.17, 15) is 9.00 Å². The number of hydrogen-bond acceptors (Lipinski definition) is 3. The Morgan fingerprint density at radius 1 is 0.909 bits per heavy atom. The van der Waals surface area contributed by atoms with Crippen LogP contribution in [0.25, 0.3) is 0 Å². The summed E-state index contributed by atoms with van der Waals surface area (Å²) in [5.41, 5.74) is 3.53. The molecule has 2 aromatic carbocycles. The van der Waals surface area contributed by atoms with E-state index in [-0.39, 0.29) is 5.97 Å². The maximum Gasteiger partial charge on any atom is 0.308 e. The Labute approximate surface area is 133 Å². The van der Waals surface area contributed by atoms with Crippen molar-refractivity contribution in [1.82, 2.24) is 0 Å². The van der Waals surface area contributed by atoms with Gasteiger partial charge in [-0.2, -0.15) is 0 Å². The van der Waals surface area contributed by atoms with Crippen LogP contribution in [-0.2, 0) is 15.6 Å². The number of carbonyl (C=O) groups excluding carboxylic acids is 1. The van der Waals surface area contributed by atoms with Crippen molar-refractivity contribution in [2.24, 2.45) is 0 Å². The summed E-state index contributed by atoms with van der Waals surface area (Å²) in [6, 6.07) is 9.38.